The summed E-state index contributed by atoms with van der Waals surface area (Å²) in [6.45, 7) is 5.27. The summed E-state index contributed by atoms with van der Waals surface area (Å²) < 4.78 is 0. The minimum atomic E-state index is 0.225. The average Bonchev–Trinajstić information content (AvgIpc) is 2.78. The molecule has 1 aliphatic heterocycles. The van der Waals surface area contributed by atoms with Crippen LogP contribution in [0.15, 0.2) is 29.4 Å². The lowest BCUT2D eigenvalue weighted by Gasteiger charge is -2.14. The number of pyridine rings is 1. The molecule has 0 bridgehead atoms. The molecule has 2 unspecified atom stereocenters. The molecule has 0 amide bonds. The molecule has 1 aliphatic rings. The van der Waals surface area contributed by atoms with Gasteiger partial charge in [0.25, 0.3) is 0 Å². The lowest BCUT2D eigenvalue weighted by molar-refractivity contribution is 0.696. The van der Waals surface area contributed by atoms with Crippen molar-refractivity contribution in [1.29, 1.82) is 0 Å². The van der Waals surface area contributed by atoms with E-state index in [0.29, 0.717) is 5.25 Å². The van der Waals surface area contributed by atoms with Crippen LogP contribution in [0.25, 0.3) is 0 Å². The second-order valence-corrected chi connectivity index (χ2v) is 5.20. The van der Waals surface area contributed by atoms with E-state index in [-0.39, 0.29) is 6.04 Å². The van der Waals surface area contributed by atoms with Gasteiger partial charge in [0, 0.05) is 11.4 Å². The second kappa shape index (κ2) is 5.34. The molecule has 2 rings (SSSR count). The fourth-order valence-corrected chi connectivity index (χ4v) is 2.63. The number of rotatable bonds is 3. The van der Waals surface area contributed by atoms with Crippen molar-refractivity contribution in [2.24, 2.45) is 4.99 Å². The third-order valence-electron chi connectivity index (χ3n) is 2.64. The monoisotopic (exact) mass is 235 g/mol. The quantitative estimate of drug-likeness (QED) is 0.875. The zero-order chi connectivity index (χ0) is 11.4. The summed E-state index contributed by atoms with van der Waals surface area (Å²) in [5.41, 5.74) is 1.06. The SMILES string of the molecule is CCC1CN=C(NC(C)c2ccccn2)S1. The lowest BCUT2D eigenvalue weighted by Crippen LogP contribution is -2.24. The number of aromatic nitrogens is 1. The Hall–Kier alpha value is -1.03. The molecule has 86 valence electrons. The Morgan fingerprint density at radius 2 is 2.44 bits per heavy atom. The summed E-state index contributed by atoms with van der Waals surface area (Å²) in [7, 11) is 0. The topological polar surface area (TPSA) is 37.3 Å². The Labute approximate surface area is 101 Å². The maximum atomic E-state index is 4.49. The summed E-state index contributed by atoms with van der Waals surface area (Å²) in [5, 5.41) is 5.12. The van der Waals surface area contributed by atoms with Gasteiger partial charge in [-0.3, -0.25) is 9.98 Å². The summed E-state index contributed by atoms with van der Waals surface area (Å²) in [5.74, 6) is 0. The van der Waals surface area contributed by atoms with Crippen molar-refractivity contribution < 1.29 is 0 Å². The molecular formula is C12H17N3S. The highest BCUT2D eigenvalue weighted by Crippen LogP contribution is 2.23. The van der Waals surface area contributed by atoms with Gasteiger partial charge in [0.1, 0.15) is 0 Å². The van der Waals surface area contributed by atoms with Gasteiger partial charge in [0.05, 0.1) is 18.3 Å². The Balaban J connectivity index is 1.91. The molecule has 0 radical (unpaired) electrons. The average molecular weight is 235 g/mol. The van der Waals surface area contributed by atoms with Crippen molar-refractivity contribution in [1.82, 2.24) is 10.3 Å². The molecule has 1 aromatic rings. The van der Waals surface area contributed by atoms with Gasteiger partial charge >= 0.3 is 0 Å². The summed E-state index contributed by atoms with van der Waals surface area (Å²) in [6, 6.07) is 6.21. The van der Waals surface area contributed by atoms with Gasteiger partial charge in [-0.15, -0.1) is 0 Å². The van der Waals surface area contributed by atoms with E-state index in [1.807, 2.05) is 36.2 Å². The van der Waals surface area contributed by atoms with E-state index in [1.54, 1.807) is 0 Å². The van der Waals surface area contributed by atoms with Gasteiger partial charge in [-0.2, -0.15) is 0 Å². The molecule has 0 saturated heterocycles. The number of nitrogens with one attached hydrogen (secondary N) is 1. The zero-order valence-electron chi connectivity index (χ0n) is 9.68. The first-order chi connectivity index (χ1) is 7.79. The Kier molecular flexibility index (Phi) is 3.83. The maximum Gasteiger partial charge on any atom is 0.157 e. The molecule has 0 fully saturated rings. The maximum absolute atomic E-state index is 4.49. The van der Waals surface area contributed by atoms with Crippen molar-refractivity contribution >= 4 is 16.9 Å². The molecule has 1 N–H and O–H groups in total. The van der Waals surface area contributed by atoms with E-state index in [9.17, 15) is 0 Å². The van der Waals surface area contributed by atoms with Crippen molar-refractivity contribution in [3.8, 4) is 0 Å². The Bertz CT molecular complexity index is 364. The summed E-state index contributed by atoms with van der Waals surface area (Å²) >= 11 is 1.84. The molecule has 0 spiro atoms. The number of aliphatic imine (C=N–C) groups is 1. The number of nitrogens with zero attached hydrogens (tertiary/aromatic N) is 2. The number of amidine groups is 1. The highest BCUT2D eigenvalue weighted by Gasteiger charge is 2.19. The van der Waals surface area contributed by atoms with Gasteiger partial charge in [-0.05, 0) is 25.5 Å². The molecule has 2 atom stereocenters. The zero-order valence-corrected chi connectivity index (χ0v) is 10.5. The first kappa shape index (κ1) is 11.5. The van der Waals surface area contributed by atoms with Crippen molar-refractivity contribution in [3.63, 3.8) is 0 Å². The molecular weight excluding hydrogens is 218 g/mol. The second-order valence-electron chi connectivity index (χ2n) is 3.91. The fraction of sp³-hybridized carbons (Fsp3) is 0.500. The van der Waals surface area contributed by atoms with Crippen molar-refractivity contribution in [2.75, 3.05) is 6.54 Å². The molecule has 16 heavy (non-hydrogen) atoms. The standard InChI is InChI=1S/C12H17N3S/c1-3-10-8-14-12(16-10)15-9(2)11-6-4-5-7-13-11/h4-7,9-10H,3,8H2,1-2H3,(H,14,15). The van der Waals surface area contributed by atoms with E-state index in [1.165, 1.54) is 6.42 Å². The minimum Gasteiger partial charge on any atom is -0.357 e. The normalized spacial score (nSPS) is 21.6. The highest BCUT2D eigenvalue weighted by molar-refractivity contribution is 8.14. The minimum absolute atomic E-state index is 0.225. The molecule has 0 aromatic carbocycles. The largest absolute Gasteiger partial charge is 0.357 e. The third kappa shape index (κ3) is 2.76. The smallest absolute Gasteiger partial charge is 0.157 e. The van der Waals surface area contributed by atoms with Crippen LogP contribution < -0.4 is 5.32 Å². The third-order valence-corrected chi connectivity index (χ3v) is 3.93. The predicted octanol–water partition coefficient (Wildman–Crippen LogP) is 2.61. The van der Waals surface area contributed by atoms with E-state index in [0.717, 1.165) is 17.4 Å². The number of thioether (sulfide) groups is 1. The van der Waals surface area contributed by atoms with Crippen LogP contribution in [0.5, 0.6) is 0 Å². The van der Waals surface area contributed by atoms with Crippen LogP contribution in [0.4, 0.5) is 0 Å². The molecule has 2 heterocycles. The predicted molar refractivity (Wildman–Crippen MR) is 69.8 cm³/mol. The molecule has 0 saturated carbocycles. The van der Waals surface area contributed by atoms with Crippen LogP contribution in [0.2, 0.25) is 0 Å². The van der Waals surface area contributed by atoms with Crippen LogP contribution in [0.1, 0.15) is 32.0 Å². The highest BCUT2D eigenvalue weighted by atomic mass is 32.2. The first-order valence-electron chi connectivity index (χ1n) is 5.68. The molecule has 0 aliphatic carbocycles. The molecule has 4 heteroatoms. The van der Waals surface area contributed by atoms with Crippen LogP contribution in [0, 0.1) is 0 Å². The van der Waals surface area contributed by atoms with E-state index in [2.05, 4.69) is 29.1 Å². The Morgan fingerprint density at radius 3 is 3.06 bits per heavy atom. The van der Waals surface area contributed by atoms with Crippen LogP contribution in [0.3, 0.4) is 0 Å². The van der Waals surface area contributed by atoms with Crippen molar-refractivity contribution in [3.05, 3.63) is 30.1 Å². The number of hydrogen-bond acceptors (Lipinski definition) is 4. The van der Waals surface area contributed by atoms with Crippen molar-refractivity contribution in [2.45, 2.75) is 31.6 Å². The van der Waals surface area contributed by atoms with E-state index in [4.69, 9.17) is 0 Å². The summed E-state index contributed by atoms with van der Waals surface area (Å²) in [6.07, 6.45) is 3.00. The fourth-order valence-electron chi connectivity index (χ4n) is 1.60. The Morgan fingerprint density at radius 1 is 1.56 bits per heavy atom. The van der Waals surface area contributed by atoms with Gasteiger partial charge in [-0.25, -0.2) is 0 Å². The van der Waals surface area contributed by atoms with Crippen LogP contribution in [-0.4, -0.2) is 21.9 Å². The number of hydrogen-bond donors (Lipinski definition) is 1. The van der Waals surface area contributed by atoms with Gasteiger partial charge in [0.2, 0.25) is 0 Å². The first-order valence-corrected chi connectivity index (χ1v) is 6.56. The summed E-state index contributed by atoms with van der Waals surface area (Å²) in [4.78, 5) is 8.83. The van der Waals surface area contributed by atoms with Crippen LogP contribution >= 0.6 is 11.8 Å². The van der Waals surface area contributed by atoms with Gasteiger partial charge in [0.15, 0.2) is 5.17 Å². The molecule has 1 aromatic heterocycles. The van der Waals surface area contributed by atoms with E-state index >= 15 is 0 Å². The van der Waals surface area contributed by atoms with E-state index < -0.39 is 0 Å². The van der Waals surface area contributed by atoms with Gasteiger partial charge in [-0.1, -0.05) is 24.8 Å². The lowest BCUT2D eigenvalue weighted by atomic mass is 10.2. The van der Waals surface area contributed by atoms with Crippen LogP contribution in [-0.2, 0) is 0 Å². The molecule has 3 nitrogen and oxygen atoms in total. The van der Waals surface area contributed by atoms with Gasteiger partial charge < -0.3 is 5.32 Å².